The first-order chi connectivity index (χ1) is 10.2. The van der Waals surface area contributed by atoms with Crippen molar-refractivity contribution in [2.45, 2.75) is 38.6 Å². The van der Waals surface area contributed by atoms with E-state index in [9.17, 15) is 4.79 Å². The molecule has 2 aliphatic rings. The summed E-state index contributed by atoms with van der Waals surface area (Å²) in [6, 6.07) is 5.39. The Morgan fingerprint density at radius 3 is 2.62 bits per heavy atom. The van der Waals surface area contributed by atoms with Gasteiger partial charge in [0.25, 0.3) is 0 Å². The predicted octanol–water partition coefficient (Wildman–Crippen LogP) is 2.62. The molecular weight excluding hydrogens is 268 g/mol. The zero-order valence-corrected chi connectivity index (χ0v) is 12.4. The van der Waals surface area contributed by atoms with Crippen LogP contribution >= 0.6 is 0 Å². The van der Waals surface area contributed by atoms with Gasteiger partial charge < -0.3 is 14.8 Å². The number of hydrogen-bond donors (Lipinski definition) is 1. The number of rotatable bonds is 3. The quantitative estimate of drug-likeness (QED) is 0.929. The molecule has 1 aromatic carbocycles. The second-order valence-corrected chi connectivity index (χ2v) is 5.68. The fourth-order valence-corrected chi connectivity index (χ4v) is 2.87. The minimum Gasteiger partial charge on any atom is -0.454 e. The number of anilines is 1. The van der Waals surface area contributed by atoms with E-state index in [1.807, 2.05) is 25.1 Å². The van der Waals surface area contributed by atoms with Gasteiger partial charge in [-0.05, 0) is 45.0 Å². The van der Waals surface area contributed by atoms with Crippen molar-refractivity contribution >= 4 is 11.6 Å². The zero-order chi connectivity index (χ0) is 14.7. The van der Waals surface area contributed by atoms with Crippen molar-refractivity contribution in [1.29, 1.82) is 0 Å². The maximum Gasteiger partial charge on any atom is 0.241 e. The summed E-state index contributed by atoms with van der Waals surface area (Å²) in [6.45, 7) is 4.25. The maximum atomic E-state index is 12.4. The third-order valence-corrected chi connectivity index (χ3v) is 4.21. The molecule has 0 saturated carbocycles. The lowest BCUT2D eigenvalue weighted by Crippen LogP contribution is -2.42. The van der Waals surface area contributed by atoms with Crippen molar-refractivity contribution in [3.05, 3.63) is 18.2 Å². The van der Waals surface area contributed by atoms with E-state index in [0.717, 1.165) is 24.5 Å². The summed E-state index contributed by atoms with van der Waals surface area (Å²) >= 11 is 0. The largest absolute Gasteiger partial charge is 0.454 e. The first kappa shape index (κ1) is 14.2. The highest BCUT2D eigenvalue weighted by molar-refractivity contribution is 5.94. The fraction of sp³-hybridized carbons (Fsp3) is 0.562. The number of nitrogens with zero attached hydrogens (tertiary/aromatic N) is 1. The average molecular weight is 290 g/mol. The molecule has 1 fully saturated rings. The third kappa shape index (κ3) is 3.29. The molecule has 1 atom stereocenters. The Bertz CT molecular complexity index is 510. The van der Waals surface area contributed by atoms with Gasteiger partial charge in [0, 0.05) is 11.8 Å². The van der Waals surface area contributed by atoms with Crippen molar-refractivity contribution in [3.8, 4) is 11.5 Å². The summed E-state index contributed by atoms with van der Waals surface area (Å²) in [7, 11) is 0. The summed E-state index contributed by atoms with van der Waals surface area (Å²) in [6.07, 6.45) is 4.91. The van der Waals surface area contributed by atoms with Crippen LogP contribution in [0.5, 0.6) is 11.5 Å². The molecule has 5 nitrogen and oxygen atoms in total. The monoisotopic (exact) mass is 290 g/mol. The molecule has 1 N–H and O–H groups in total. The van der Waals surface area contributed by atoms with Gasteiger partial charge in [-0.15, -0.1) is 0 Å². The summed E-state index contributed by atoms with van der Waals surface area (Å²) in [5.74, 6) is 1.46. The Kier molecular flexibility index (Phi) is 4.29. The van der Waals surface area contributed by atoms with Crippen LogP contribution in [0.15, 0.2) is 18.2 Å². The van der Waals surface area contributed by atoms with Gasteiger partial charge in [-0.2, -0.15) is 0 Å². The van der Waals surface area contributed by atoms with Gasteiger partial charge in [0.15, 0.2) is 11.5 Å². The van der Waals surface area contributed by atoms with Crippen LogP contribution < -0.4 is 14.8 Å². The molecule has 5 heteroatoms. The molecule has 0 spiro atoms. The van der Waals surface area contributed by atoms with E-state index in [1.54, 1.807) is 0 Å². The minimum absolute atomic E-state index is 0.0377. The number of carbonyl (C=O) groups excluding carboxylic acids is 1. The normalized spacial score (nSPS) is 19.9. The lowest BCUT2D eigenvalue weighted by atomic mass is 10.2. The number of amides is 1. The smallest absolute Gasteiger partial charge is 0.241 e. The Morgan fingerprint density at radius 2 is 1.86 bits per heavy atom. The summed E-state index contributed by atoms with van der Waals surface area (Å²) < 4.78 is 10.6. The molecule has 0 unspecified atom stereocenters. The van der Waals surface area contributed by atoms with Gasteiger partial charge in [-0.25, -0.2) is 0 Å². The Balaban J connectivity index is 1.62. The number of benzene rings is 1. The molecule has 3 rings (SSSR count). The van der Waals surface area contributed by atoms with Crippen LogP contribution in [0.1, 0.15) is 32.6 Å². The Hall–Kier alpha value is -1.75. The van der Waals surface area contributed by atoms with E-state index in [-0.39, 0.29) is 18.7 Å². The first-order valence-corrected chi connectivity index (χ1v) is 7.68. The molecule has 1 amide bonds. The third-order valence-electron chi connectivity index (χ3n) is 4.21. The standard InChI is InChI=1S/C16H22N2O3/c1-12(18-8-4-2-3-5-9-18)16(19)17-13-6-7-14-15(10-13)21-11-20-14/h6-7,10,12H,2-5,8-9,11H2,1H3,(H,17,19)/t12-/m0/s1. The van der Waals surface area contributed by atoms with Gasteiger partial charge in [-0.3, -0.25) is 9.69 Å². The van der Waals surface area contributed by atoms with Crippen LogP contribution in [0.25, 0.3) is 0 Å². The summed E-state index contributed by atoms with van der Waals surface area (Å²) in [5.41, 5.74) is 0.755. The van der Waals surface area contributed by atoms with E-state index in [0.29, 0.717) is 5.75 Å². The number of nitrogens with one attached hydrogen (secondary N) is 1. The lowest BCUT2D eigenvalue weighted by molar-refractivity contribution is -0.120. The fourth-order valence-electron chi connectivity index (χ4n) is 2.87. The van der Waals surface area contributed by atoms with Gasteiger partial charge in [0.05, 0.1) is 6.04 Å². The topological polar surface area (TPSA) is 50.8 Å². The first-order valence-electron chi connectivity index (χ1n) is 7.68. The van der Waals surface area contributed by atoms with Crippen LogP contribution in [0.2, 0.25) is 0 Å². The Labute approximate surface area is 125 Å². The van der Waals surface area contributed by atoms with Crippen LogP contribution in [0.4, 0.5) is 5.69 Å². The molecule has 1 saturated heterocycles. The highest BCUT2D eigenvalue weighted by Gasteiger charge is 2.22. The molecule has 0 radical (unpaired) electrons. The van der Waals surface area contributed by atoms with Crippen LogP contribution in [-0.2, 0) is 4.79 Å². The SMILES string of the molecule is C[C@@H](C(=O)Nc1ccc2c(c1)OCO2)N1CCCCCC1. The van der Waals surface area contributed by atoms with E-state index < -0.39 is 0 Å². The van der Waals surface area contributed by atoms with Crippen LogP contribution in [0, 0.1) is 0 Å². The number of carbonyl (C=O) groups is 1. The summed E-state index contributed by atoms with van der Waals surface area (Å²) in [5, 5.41) is 2.97. The highest BCUT2D eigenvalue weighted by atomic mass is 16.7. The Morgan fingerprint density at radius 1 is 1.14 bits per heavy atom. The number of likely N-dealkylation sites (tertiary alicyclic amines) is 1. The maximum absolute atomic E-state index is 12.4. The predicted molar refractivity (Wildman–Crippen MR) is 80.7 cm³/mol. The second kappa shape index (κ2) is 6.35. The van der Waals surface area contributed by atoms with Gasteiger partial charge in [0.1, 0.15) is 0 Å². The summed E-state index contributed by atoms with van der Waals surface area (Å²) in [4.78, 5) is 14.7. The molecule has 114 valence electrons. The van der Waals surface area contributed by atoms with Crippen molar-refractivity contribution in [2.24, 2.45) is 0 Å². The molecule has 0 aliphatic carbocycles. The molecule has 2 heterocycles. The molecule has 21 heavy (non-hydrogen) atoms. The minimum atomic E-state index is -0.103. The molecular formula is C16H22N2O3. The number of ether oxygens (including phenoxy) is 2. The van der Waals surface area contributed by atoms with Crippen molar-refractivity contribution < 1.29 is 14.3 Å². The lowest BCUT2D eigenvalue weighted by Gasteiger charge is -2.26. The van der Waals surface area contributed by atoms with Crippen molar-refractivity contribution in [2.75, 3.05) is 25.2 Å². The van der Waals surface area contributed by atoms with E-state index in [4.69, 9.17) is 9.47 Å². The van der Waals surface area contributed by atoms with E-state index in [2.05, 4.69) is 10.2 Å². The van der Waals surface area contributed by atoms with Crippen LogP contribution in [0.3, 0.4) is 0 Å². The average Bonchev–Trinajstić information content (AvgIpc) is 2.78. The molecule has 1 aromatic rings. The molecule has 2 aliphatic heterocycles. The highest BCUT2D eigenvalue weighted by Crippen LogP contribution is 2.34. The molecule has 0 bridgehead atoms. The van der Waals surface area contributed by atoms with E-state index in [1.165, 1.54) is 25.7 Å². The van der Waals surface area contributed by atoms with Gasteiger partial charge in [-0.1, -0.05) is 12.8 Å². The zero-order valence-electron chi connectivity index (χ0n) is 12.4. The van der Waals surface area contributed by atoms with E-state index >= 15 is 0 Å². The van der Waals surface area contributed by atoms with Crippen molar-refractivity contribution in [1.82, 2.24) is 4.90 Å². The number of fused-ring (bicyclic) bond motifs is 1. The second-order valence-electron chi connectivity index (χ2n) is 5.68. The van der Waals surface area contributed by atoms with Crippen LogP contribution in [-0.4, -0.2) is 36.7 Å². The number of hydrogen-bond acceptors (Lipinski definition) is 4. The van der Waals surface area contributed by atoms with Crippen molar-refractivity contribution in [3.63, 3.8) is 0 Å². The van der Waals surface area contributed by atoms with Gasteiger partial charge in [0.2, 0.25) is 12.7 Å². The molecule has 0 aromatic heterocycles. The van der Waals surface area contributed by atoms with Gasteiger partial charge >= 0.3 is 0 Å².